The van der Waals surface area contributed by atoms with Crippen molar-refractivity contribution in [2.45, 2.75) is 0 Å². The number of hydrogen-bond acceptors (Lipinski definition) is 5. The number of benzene rings is 3. The summed E-state index contributed by atoms with van der Waals surface area (Å²) in [6.07, 6.45) is 1.60. The summed E-state index contributed by atoms with van der Waals surface area (Å²) in [5.74, 6) is -0.755. The lowest BCUT2D eigenvalue weighted by molar-refractivity contribution is 0.102. The maximum absolute atomic E-state index is 13.2. The highest BCUT2D eigenvalue weighted by atomic mass is 35.5. The molecule has 0 fully saturated rings. The topological polar surface area (TPSA) is 66.4 Å². The smallest absolute Gasteiger partial charge is 0.256 e. The molecule has 0 saturated carbocycles. The van der Waals surface area contributed by atoms with Crippen molar-refractivity contribution in [3.63, 3.8) is 0 Å². The van der Waals surface area contributed by atoms with Crippen LogP contribution in [-0.4, -0.2) is 17.1 Å². The van der Waals surface area contributed by atoms with Crippen LogP contribution < -0.4 is 10.7 Å². The molecule has 4 rings (SSSR count). The molecule has 0 bridgehead atoms. The molecule has 1 amide bonds. The Kier molecular flexibility index (Phi) is 6.35. The summed E-state index contributed by atoms with van der Waals surface area (Å²) in [7, 11) is 0. The highest BCUT2D eigenvalue weighted by Gasteiger charge is 2.16. The van der Waals surface area contributed by atoms with Crippen molar-refractivity contribution in [2.75, 3.05) is 10.7 Å². The number of carbonyl (C=O) groups excluding carboxylic acids is 1. The van der Waals surface area contributed by atoms with E-state index in [0.717, 1.165) is 11.1 Å². The standard InChI is InChI=1S/C23H16ClFN4OS/c24-19-9-5-4-8-17(19)14-26-29-23-27-20(15-6-2-1-3-7-15)22(31-23)28-21(30)16-10-12-18(25)13-11-16/h1-14H,(H,27,29)(H,28,30)/b26-14+. The third-order valence-electron chi connectivity index (χ3n) is 4.28. The van der Waals surface area contributed by atoms with Crippen LogP contribution in [0.2, 0.25) is 5.02 Å². The van der Waals surface area contributed by atoms with Crippen molar-refractivity contribution in [3.05, 3.63) is 101 Å². The molecule has 31 heavy (non-hydrogen) atoms. The van der Waals surface area contributed by atoms with E-state index in [0.29, 0.717) is 26.4 Å². The Bertz CT molecular complexity index is 1230. The molecule has 8 heteroatoms. The molecule has 3 aromatic carbocycles. The summed E-state index contributed by atoms with van der Waals surface area (Å²) in [5, 5.41) is 8.70. The summed E-state index contributed by atoms with van der Waals surface area (Å²) in [6.45, 7) is 0. The molecule has 0 radical (unpaired) electrons. The summed E-state index contributed by atoms with van der Waals surface area (Å²) in [4.78, 5) is 17.2. The zero-order chi connectivity index (χ0) is 21.6. The van der Waals surface area contributed by atoms with E-state index in [4.69, 9.17) is 11.6 Å². The number of amides is 1. The van der Waals surface area contributed by atoms with E-state index in [-0.39, 0.29) is 5.91 Å². The third kappa shape index (κ3) is 5.14. The van der Waals surface area contributed by atoms with Crippen molar-refractivity contribution < 1.29 is 9.18 Å². The molecule has 1 aromatic heterocycles. The number of hydrogen-bond donors (Lipinski definition) is 2. The van der Waals surface area contributed by atoms with Crippen LogP contribution in [0.15, 0.2) is 84.0 Å². The fourth-order valence-corrected chi connectivity index (χ4v) is 3.77. The van der Waals surface area contributed by atoms with Gasteiger partial charge in [0.05, 0.1) is 6.21 Å². The Morgan fingerprint density at radius 3 is 2.45 bits per heavy atom. The van der Waals surface area contributed by atoms with Gasteiger partial charge in [0, 0.05) is 21.7 Å². The minimum Gasteiger partial charge on any atom is -0.312 e. The van der Waals surface area contributed by atoms with Gasteiger partial charge in [0.25, 0.3) is 5.91 Å². The van der Waals surface area contributed by atoms with E-state index in [1.807, 2.05) is 48.5 Å². The molecule has 154 valence electrons. The first kappa shape index (κ1) is 20.7. The number of nitrogens with one attached hydrogen (secondary N) is 2. The number of hydrazone groups is 1. The van der Waals surface area contributed by atoms with Crippen molar-refractivity contribution in [1.82, 2.24) is 4.98 Å². The summed E-state index contributed by atoms with van der Waals surface area (Å²) in [6, 6.07) is 22.2. The van der Waals surface area contributed by atoms with Crippen molar-refractivity contribution >= 4 is 45.2 Å². The van der Waals surface area contributed by atoms with Crippen LogP contribution >= 0.6 is 22.9 Å². The number of carbonyl (C=O) groups is 1. The van der Waals surface area contributed by atoms with Gasteiger partial charge in [-0.1, -0.05) is 71.5 Å². The molecule has 0 aliphatic rings. The minimum atomic E-state index is -0.401. The van der Waals surface area contributed by atoms with Crippen LogP contribution in [0.5, 0.6) is 0 Å². The molecule has 4 aromatic rings. The average Bonchev–Trinajstić information content (AvgIpc) is 3.18. The number of halogens is 2. The van der Waals surface area contributed by atoms with E-state index in [1.54, 1.807) is 12.3 Å². The first-order valence-electron chi connectivity index (χ1n) is 9.27. The number of nitrogens with zero attached hydrogens (tertiary/aromatic N) is 2. The van der Waals surface area contributed by atoms with Crippen LogP contribution in [0, 0.1) is 5.82 Å². The Morgan fingerprint density at radius 2 is 1.71 bits per heavy atom. The van der Waals surface area contributed by atoms with Gasteiger partial charge >= 0.3 is 0 Å². The number of anilines is 2. The number of aromatic nitrogens is 1. The monoisotopic (exact) mass is 450 g/mol. The molecule has 0 saturated heterocycles. The van der Waals surface area contributed by atoms with Gasteiger partial charge in [-0.15, -0.1) is 0 Å². The summed E-state index contributed by atoms with van der Waals surface area (Å²) >= 11 is 7.38. The highest BCUT2D eigenvalue weighted by Crippen LogP contribution is 2.36. The first-order valence-corrected chi connectivity index (χ1v) is 10.5. The fourth-order valence-electron chi connectivity index (χ4n) is 2.76. The minimum absolute atomic E-state index is 0.347. The molecule has 2 N–H and O–H groups in total. The van der Waals surface area contributed by atoms with Crippen LogP contribution in [0.3, 0.4) is 0 Å². The molecular weight excluding hydrogens is 435 g/mol. The van der Waals surface area contributed by atoms with Gasteiger partial charge in [-0.25, -0.2) is 9.37 Å². The quantitative estimate of drug-likeness (QED) is 0.267. The third-order valence-corrected chi connectivity index (χ3v) is 5.50. The van der Waals surface area contributed by atoms with Gasteiger partial charge in [-0.3, -0.25) is 10.2 Å². The van der Waals surface area contributed by atoms with E-state index in [9.17, 15) is 9.18 Å². The Balaban J connectivity index is 1.59. The first-order chi connectivity index (χ1) is 15.1. The van der Waals surface area contributed by atoms with E-state index in [1.165, 1.54) is 35.6 Å². The molecule has 0 aliphatic carbocycles. The Hall–Kier alpha value is -3.55. The second kappa shape index (κ2) is 9.51. The fraction of sp³-hybridized carbons (Fsp3) is 0. The average molecular weight is 451 g/mol. The molecule has 1 heterocycles. The highest BCUT2D eigenvalue weighted by molar-refractivity contribution is 7.20. The normalized spacial score (nSPS) is 10.9. The maximum Gasteiger partial charge on any atom is 0.256 e. The Morgan fingerprint density at radius 1 is 1.00 bits per heavy atom. The second-order valence-corrected chi connectivity index (χ2v) is 7.82. The van der Waals surface area contributed by atoms with Gasteiger partial charge in [-0.05, 0) is 30.3 Å². The van der Waals surface area contributed by atoms with Crippen LogP contribution in [-0.2, 0) is 0 Å². The van der Waals surface area contributed by atoms with Gasteiger partial charge in [0.1, 0.15) is 16.5 Å². The Labute approximate surface area is 187 Å². The maximum atomic E-state index is 13.2. The lowest BCUT2D eigenvalue weighted by Crippen LogP contribution is -2.11. The molecule has 0 atom stereocenters. The van der Waals surface area contributed by atoms with E-state index < -0.39 is 5.82 Å². The van der Waals surface area contributed by atoms with Crippen molar-refractivity contribution in [3.8, 4) is 11.3 Å². The zero-order valence-electron chi connectivity index (χ0n) is 16.0. The number of rotatable bonds is 6. The summed E-state index contributed by atoms with van der Waals surface area (Å²) in [5.41, 5.74) is 5.45. The van der Waals surface area contributed by atoms with Gasteiger partial charge < -0.3 is 5.32 Å². The van der Waals surface area contributed by atoms with Crippen molar-refractivity contribution in [2.24, 2.45) is 5.10 Å². The van der Waals surface area contributed by atoms with E-state index in [2.05, 4.69) is 20.8 Å². The zero-order valence-corrected chi connectivity index (χ0v) is 17.6. The summed E-state index contributed by atoms with van der Waals surface area (Å²) < 4.78 is 13.2. The second-order valence-electron chi connectivity index (χ2n) is 6.42. The lowest BCUT2D eigenvalue weighted by atomic mass is 10.1. The number of thiazole rings is 1. The molecule has 0 aliphatic heterocycles. The van der Waals surface area contributed by atoms with Crippen LogP contribution in [0.4, 0.5) is 14.5 Å². The van der Waals surface area contributed by atoms with Crippen LogP contribution in [0.1, 0.15) is 15.9 Å². The van der Waals surface area contributed by atoms with Gasteiger partial charge in [-0.2, -0.15) is 5.10 Å². The molecule has 0 spiro atoms. The van der Waals surface area contributed by atoms with Crippen LogP contribution in [0.25, 0.3) is 11.3 Å². The van der Waals surface area contributed by atoms with Gasteiger partial charge in [0.2, 0.25) is 5.13 Å². The predicted molar refractivity (Wildman–Crippen MR) is 125 cm³/mol. The SMILES string of the molecule is O=C(Nc1sc(N/N=C/c2ccccc2Cl)nc1-c1ccccc1)c1ccc(F)cc1. The predicted octanol–water partition coefficient (Wildman–Crippen LogP) is 6.30. The van der Waals surface area contributed by atoms with E-state index >= 15 is 0 Å². The van der Waals surface area contributed by atoms with Crippen molar-refractivity contribution in [1.29, 1.82) is 0 Å². The molecule has 5 nitrogen and oxygen atoms in total. The molecular formula is C23H16ClFN4OS. The molecule has 0 unspecified atom stereocenters. The lowest BCUT2D eigenvalue weighted by Gasteiger charge is -2.05. The van der Waals surface area contributed by atoms with Gasteiger partial charge in [0.15, 0.2) is 0 Å². The largest absolute Gasteiger partial charge is 0.312 e.